The van der Waals surface area contributed by atoms with Gasteiger partial charge in [0, 0.05) is 0 Å². The lowest BCUT2D eigenvalue weighted by atomic mass is 9.83. The van der Waals surface area contributed by atoms with Crippen LogP contribution in [0.2, 0.25) is 0 Å². The van der Waals surface area contributed by atoms with Crippen LogP contribution in [0, 0.1) is 0 Å². The van der Waals surface area contributed by atoms with Crippen molar-refractivity contribution in [2.24, 2.45) is 0 Å². The molecule has 0 aliphatic carbocycles. The van der Waals surface area contributed by atoms with Gasteiger partial charge in [0.2, 0.25) is 0 Å². The summed E-state index contributed by atoms with van der Waals surface area (Å²) >= 11 is 0. The first-order chi connectivity index (χ1) is 26.7. The average molecular weight is 616 g/mol. The zero-order valence-corrected chi connectivity index (χ0v) is 25.9. The Bertz CT molecular complexity index is 2970. The molecule has 9 aromatic carbocycles. The predicted octanol–water partition coefficient (Wildman–Crippen LogP) is 13.5. The highest BCUT2D eigenvalue weighted by Crippen LogP contribution is 2.46. The Morgan fingerprint density at radius 3 is 1.58 bits per heavy atom. The van der Waals surface area contributed by atoms with Crippen LogP contribution in [0.4, 0.5) is 0 Å². The van der Waals surface area contributed by atoms with Crippen molar-refractivity contribution in [2.75, 3.05) is 0 Å². The molecule has 0 amide bonds. The van der Waals surface area contributed by atoms with Gasteiger partial charge >= 0.3 is 0 Å². The molecule has 0 aliphatic heterocycles. The first-order valence-corrected chi connectivity index (χ1v) is 16.0. The quantitative estimate of drug-likeness (QED) is 0.169. The molecule has 0 saturated carbocycles. The third-order valence-electron chi connectivity index (χ3n) is 9.10. The van der Waals surface area contributed by atoms with E-state index in [4.69, 9.17) is 2.74 Å². The van der Waals surface area contributed by atoms with E-state index in [0.717, 1.165) is 33.0 Å². The second kappa shape index (κ2) is 11.8. The summed E-state index contributed by atoms with van der Waals surface area (Å²) in [6.07, 6.45) is 0. The minimum absolute atomic E-state index is 0.0216. The smallest absolute Gasteiger partial charge is 0.0622 e. The molecule has 0 aromatic heterocycles. The molecule has 0 nitrogen and oxygen atoms in total. The molecule has 9 aromatic rings. The molecule has 0 aliphatic rings. The van der Waals surface area contributed by atoms with Crippen molar-refractivity contribution >= 4 is 32.3 Å². The normalized spacial score (nSPS) is 13.4. The SMILES string of the molecule is [2H]c1c([2H])c([2H])c2c(-c3cccc4ccccc34)c3c([2H])c(-c4ccccc4)c([2H])c([2H])c3c(-c3cccc(-c4ccc(-c5ccccc5)cc4)c3)c2c1[2H]. The molecular weight excluding hydrogens is 577 g/mol. The van der Waals surface area contributed by atoms with Crippen LogP contribution >= 0.6 is 0 Å². The number of benzene rings is 9. The summed E-state index contributed by atoms with van der Waals surface area (Å²) in [7, 11) is 0. The highest BCUT2D eigenvalue weighted by molar-refractivity contribution is 6.24. The number of rotatable bonds is 5. The zero-order chi connectivity index (χ0) is 38.0. The first-order valence-electron chi connectivity index (χ1n) is 19.5. The third-order valence-corrected chi connectivity index (χ3v) is 9.10. The van der Waals surface area contributed by atoms with Crippen LogP contribution in [0.25, 0.3) is 88.0 Å². The molecule has 0 N–H and O–H groups in total. The van der Waals surface area contributed by atoms with Crippen molar-refractivity contribution in [3.8, 4) is 55.6 Å². The monoisotopic (exact) mass is 615 g/mol. The molecule has 0 unspecified atom stereocenters. The summed E-state index contributed by atoms with van der Waals surface area (Å²) in [5.41, 5.74) is 7.07. The molecule has 0 saturated heterocycles. The van der Waals surface area contributed by atoms with E-state index in [1.165, 1.54) is 0 Å². The molecule has 0 fully saturated rings. The minimum Gasteiger partial charge on any atom is -0.0622 e. The van der Waals surface area contributed by atoms with Crippen molar-refractivity contribution in [1.29, 1.82) is 0 Å². The molecule has 0 atom stereocenters. The fraction of sp³-hybridized carbons (Fsp3) is 0. The number of hydrogen-bond acceptors (Lipinski definition) is 0. The maximum absolute atomic E-state index is 9.94. The zero-order valence-electron chi connectivity index (χ0n) is 32.9. The number of fused-ring (bicyclic) bond motifs is 3. The Morgan fingerprint density at radius 2 is 0.833 bits per heavy atom. The first kappa shape index (κ1) is 21.5. The lowest BCUT2D eigenvalue weighted by molar-refractivity contribution is 1.58. The average Bonchev–Trinajstić information content (AvgIpc) is 3.23. The van der Waals surface area contributed by atoms with Gasteiger partial charge in [0.25, 0.3) is 0 Å². The van der Waals surface area contributed by atoms with Gasteiger partial charge in [0.15, 0.2) is 0 Å². The maximum Gasteiger partial charge on any atom is 0.0636 e. The summed E-state index contributed by atoms with van der Waals surface area (Å²) in [6, 6.07) is 47.5. The van der Waals surface area contributed by atoms with Crippen LogP contribution in [0.15, 0.2) is 194 Å². The molecule has 0 heterocycles. The van der Waals surface area contributed by atoms with E-state index in [1.54, 1.807) is 0 Å². The Labute approximate surface area is 291 Å². The van der Waals surface area contributed by atoms with Gasteiger partial charge in [-0.2, -0.15) is 0 Å². The van der Waals surface area contributed by atoms with E-state index in [1.807, 2.05) is 115 Å². The lowest BCUT2D eigenvalue weighted by Gasteiger charge is -2.20. The summed E-state index contributed by atoms with van der Waals surface area (Å²) in [6.45, 7) is 0. The van der Waals surface area contributed by atoms with Crippen LogP contribution in [0.1, 0.15) is 9.60 Å². The molecule has 0 heteroatoms. The molecule has 0 spiro atoms. The van der Waals surface area contributed by atoms with Gasteiger partial charge in [-0.15, -0.1) is 0 Å². The Hall–Kier alpha value is -6.24. The van der Waals surface area contributed by atoms with Crippen molar-refractivity contribution in [3.63, 3.8) is 0 Å². The van der Waals surface area contributed by atoms with E-state index in [-0.39, 0.29) is 58.6 Å². The highest BCUT2D eigenvalue weighted by Gasteiger charge is 2.19. The van der Waals surface area contributed by atoms with Gasteiger partial charge in [-0.05, 0) is 100 Å². The predicted molar refractivity (Wildman–Crippen MR) is 206 cm³/mol. The fourth-order valence-electron chi connectivity index (χ4n) is 6.81. The van der Waals surface area contributed by atoms with Crippen molar-refractivity contribution in [3.05, 3.63) is 194 Å². The van der Waals surface area contributed by atoms with Gasteiger partial charge in [0.05, 0.1) is 9.60 Å². The largest absolute Gasteiger partial charge is 0.0636 e. The van der Waals surface area contributed by atoms with Gasteiger partial charge in [-0.1, -0.05) is 182 Å². The fourth-order valence-corrected chi connectivity index (χ4v) is 6.81. The van der Waals surface area contributed by atoms with Crippen LogP contribution in [-0.2, 0) is 0 Å². The number of hydrogen-bond donors (Lipinski definition) is 0. The summed E-state index contributed by atoms with van der Waals surface area (Å²) in [5.74, 6) is 0. The Kier molecular flexibility index (Phi) is 5.31. The van der Waals surface area contributed by atoms with E-state index in [2.05, 4.69) is 36.4 Å². The molecule has 0 radical (unpaired) electrons. The molecule has 224 valence electrons. The van der Waals surface area contributed by atoms with E-state index >= 15 is 0 Å². The van der Waals surface area contributed by atoms with Crippen LogP contribution in [-0.4, -0.2) is 0 Å². The lowest BCUT2D eigenvalue weighted by Crippen LogP contribution is -1.93. The molecule has 9 rings (SSSR count). The van der Waals surface area contributed by atoms with E-state index in [0.29, 0.717) is 38.6 Å². The van der Waals surface area contributed by atoms with Gasteiger partial charge < -0.3 is 0 Å². The van der Waals surface area contributed by atoms with Crippen molar-refractivity contribution in [1.82, 2.24) is 0 Å². The molecule has 0 bridgehead atoms. The second-order valence-electron chi connectivity index (χ2n) is 11.9. The Balaban J connectivity index is 1.45. The Morgan fingerprint density at radius 1 is 0.312 bits per heavy atom. The molecular formula is C48H32. The van der Waals surface area contributed by atoms with Crippen molar-refractivity contribution in [2.45, 2.75) is 0 Å². The summed E-state index contributed by atoms with van der Waals surface area (Å²) < 4.78 is 65.8. The van der Waals surface area contributed by atoms with Gasteiger partial charge in [-0.25, -0.2) is 0 Å². The van der Waals surface area contributed by atoms with E-state index in [9.17, 15) is 6.85 Å². The highest BCUT2D eigenvalue weighted by atomic mass is 14.2. The second-order valence-corrected chi connectivity index (χ2v) is 11.9. The summed E-state index contributed by atoms with van der Waals surface area (Å²) in [4.78, 5) is 0. The third kappa shape index (κ3) is 4.87. The van der Waals surface area contributed by atoms with Crippen LogP contribution in [0.3, 0.4) is 0 Å². The maximum atomic E-state index is 9.94. The molecule has 48 heavy (non-hydrogen) atoms. The summed E-state index contributed by atoms with van der Waals surface area (Å²) in [5, 5.41) is 2.95. The van der Waals surface area contributed by atoms with Gasteiger partial charge in [0.1, 0.15) is 0 Å². The van der Waals surface area contributed by atoms with Gasteiger partial charge in [-0.3, -0.25) is 0 Å². The topological polar surface area (TPSA) is 0 Å². The van der Waals surface area contributed by atoms with E-state index < -0.39 is 0 Å². The van der Waals surface area contributed by atoms with Crippen LogP contribution in [0.5, 0.6) is 0 Å². The van der Waals surface area contributed by atoms with Crippen molar-refractivity contribution < 1.29 is 9.60 Å². The standard InChI is InChI=1S/C48H32/c1-3-13-33(14-4-1)35-25-27-36(28-26-35)38-19-11-20-40(31-38)47-43-22-9-10-23-44(43)48(42-24-12-18-37-17-7-8-21-41(37)42)46-32-39(29-30-45(46)47)34-15-5-2-6-16-34/h1-32H/i9D,10D,22D,23D,29D,30D,32D. The van der Waals surface area contributed by atoms with Crippen LogP contribution < -0.4 is 0 Å². The minimum atomic E-state index is -0.390.